The van der Waals surface area contributed by atoms with Crippen LogP contribution in [0, 0.1) is 6.92 Å². The topological polar surface area (TPSA) is 91.0 Å². The van der Waals surface area contributed by atoms with Gasteiger partial charge in [0.05, 0.1) is 6.10 Å². The van der Waals surface area contributed by atoms with E-state index in [0.717, 1.165) is 34.6 Å². The lowest BCUT2D eigenvalue weighted by Gasteiger charge is -2.16. The van der Waals surface area contributed by atoms with Gasteiger partial charge in [0.2, 0.25) is 5.89 Å². The van der Waals surface area contributed by atoms with E-state index in [2.05, 4.69) is 4.98 Å². The first-order valence-electron chi connectivity index (χ1n) is 11.6. The average Bonchev–Trinajstić information content (AvgIpc) is 3.18. The number of benzene rings is 2. The highest BCUT2D eigenvalue weighted by molar-refractivity contribution is 5.72. The Kier molecular flexibility index (Phi) is 8.71. The number of rotatable bonds is 12. The molecule has 0 amide bonds. The normalized spacial score (nSPS) is 12.1. The molecular formula is C27H33NO6. The van der Waals surface area contributed by atoms with Crippen molar-refractivity contribution in [2.75, 3.05) is 6.61 Å². The Morgan fingerprint density at radius 3 is 2.38 bits per heavy atom. The highest BCUT2D eigenvalue weighted by Gasteiger charge is 2.20. The van der Waals surface area contributed by atoms with Crippen LogP contribution in [0.1, 0.15) is 50.3 Å². The molecule has 0 saturated carbocycles. The first-order chi connectivity index (χ1) is 16.3. The molecule has 7 nitrogen and oxygen atoms in total. The van der Waals surface area contributed by atoms with E-state index in [1.165, 1.54) is 0 Å². The van der Waals surface area contributed by atoms with E-state index in [1.807, 2.05) is 70.2 Å². The molecule has 2 aromatic carbocycles. The van der Waals surface area contributed by atoms with Gasteiger partial charge in [-0.15, -0.1) is 0 Å². The SMILES string of the molecule is CCO[C@@H](Cc1ccc(OCc2nc(-c3ccc(OC(C)C)cc3)oc2C)cc1CC)C(=O)O. The van der Waals surface area contributed by atoms with Crippen molar-refractivity contribution in [3.05, 3.63) is 65.0 Å². The lowest BCUT2D eigenvalue weighted by Crippen LogP contribution is -2.26. The molecule has 3 aromatic rings. The zero-order valence-electron chi connectivity index (χ0n) is 20.5. The van der Waals surface area contributed by atoms with Crippen molar-refractivity contribution in [1.29, 1.82) is 0 Å². The number of hydrogen-bond acceptors (Lipinski definition) is 6. The monoisotopic (exact) mass is 467 g/mol. The van der Waals surface area contributed by atoms with Crippen LogP contribution in [0.2, 0.25) is 0 Å². The molecule has 0 aliphatic heterocycles. The van der Waals surface area contributed by atoms with Crippen molar-refractivity contribution in [2.24, 2.45) is 0 Å². The van der Waals surface area contributed by atoms with E-state index < -0.39 is 12.1 Å². The summed E-state index contributed by atoms with van der Waals surface area (Å²) in [5.41, 5.74) is 3.57. The van der Waals surface area contributed by atoms with Gasteiger partial charge in [-0.05, 0) is 81.6 Å². The Balaban J connectivity index is 1.68. The van der Waals surface area contributed by atoms with Crippen LogP contribution < -0.4 is 9.47 Å². The van der Waals surface area contributed by atoms with Crippen LogP contribution in [0.15, 0.2) is 46.9 Å². The van der Waals surface area contributed by atoms with Crippen LogP contribution >= 0.6 is 0 Å². The van der Waals surface area contributed by atoms with Gasteiger partial charge in [-0.1, -0.05) is 13.0 Å². The molecule has 0 unspecified atom stereocenters. The second-order valence-electron chi connectivity index (χ2n) is 8.27. The molecule has 1 N–H and O–H groups in total. The zero-order chi connectivity index (χ0) is 24.7. The highest BCUT2D eigenvalue weighted by atomic mass is 16.5. The molecule has 7 heteroatoms. The second-order valence-corrected chi connectivity index (χ2v) is 8.27. The van der Waals surface area contributed by atoms with E-state index in [1.54, 1.807) is 6.92 Å². The van der Waals surface area contributed by atoms with Gasteiger partial charge in [0.15, 0.2) is 6.10 Å². The minimum atomic E-state index is -0.955. The molecule has 0 bridgehead atoms. The molecule has 34 heavy (non-hydrogen) atoms. The molecule has 182 valence electrons. The molecule has 0 saturated heterocycles. The standard InChI is InChI=1S/C27H33NO6/c1-6-19-14-23(13-10-21(19)15-25(27(29)30)31-7-2)32-16-24-18(5)34-26(28-24)20-8-11-22(12-9-20)33-17(3)4/h8-14,17,25H,6-7,15-16H2,1-5H3,(H,29,30)/t25-/m0/s1. The Bertz CT molecular complexity index is 1090. The zero-order valence-corrected chi connectivity index (χ0v) is 20.5. The summed E-state index contributed by atoms with van der Waals surface area (Å²) in [7, 11) is 0. The van der Waals surface area contributed by atoms with Crippen LogP contribution in [0.25, 0.3) is 11.5 Å². The van der Waals surface area contributed by atoms with E-state index >= 15 is 0 Å². The van der Waals surface area contributed by atoms with E-state index in [-0.39, 0.29) is 12.7 Å². The number of nitrogens with zero attached hydrogens (tertiary/aromatic N) is 1. The third kappa shape index (κ3) is 6.60. The average molecular weight is 468 g/mol. The third-order valence-corrected chi connectivity index (χ3v) is 5.35. The van der Waals surface area contributed by atoms with Crippen LogP contribution in [0.4, 0.5) is 0 Å². The van der Waals surface area contributed by atoms with Gasteiger partial charge in [0.1, 0.15) is 29.6 Å². The summed E-state index contributed by atoms with van der Waals surface area (Å²) >= 11 is 0. The van der Waals surface area contributed by atoms with Crippen molar-refractivity contribution < 1.29 is 28.5 Å². The maximum Gasteiger partial charge on any atom is 0.333 e. The molecule has 1 atom stereocenters. The van der Waals surface area contributed by atoms with Gasteiger partial charge in [-0.3, -0.25) is 0 Å². The molecule has 0 spiro atoms. The van der Waals surface area contributed by atoms with Crippen molar-refractivity contribution in [3.63, 3.8) is 0 Å². The Morgan fingerprint density at radius 1 is 1.06 bits per heavy atom. The number of aliphatic carboxylic acids is 1. The smallest absolute Gasteiger partial charge is 0.333 e. The summed E-state index contributed by atoms with van der Waals surface area (Å²) in [5.74, 6) is 1.78. The lowest BCUT2D eigenvalue weighted by molar-refractivity contribution is -0.149. The molecular weight excluding hydrogens is 434 g/mol. The van der Waals surface area contributed by atoms with Gasteiger partial charge in [-0.2, -0.15) is 0 Å². The van der Waals surface area contributed by atoms with Gasteiger partial charge < -0.3 is 23.7 Å². The van der Waals surface area contributed by atoms with E-state index in [4.69, 9.17) is 18.6 Å². The summed E-state index contributed by atoms with van der Waals surface area (Å²) in [6.07, 6.45) is 0.335. The Morgan fingerprint density at radius 2 is 1.76 bits per heavy atom. The molecule has 0 fully saturated rings. The molecule has 1 heterocycles. The summed E-state index contributed by atoms with van der Waals surface area (Å²) in [6.45, 7) is 10.3. The predicted molar refractivity (Wildman–Crippen MR) is 129 cm³/mol. The van der Waals surface area contributed by atoms with Crippen molar-refractivity contribution in [2.45, 2.75) is 66.3 Å². The maximum atomic E-state index is 11.4. The van der Waals surface area contributed by atoms with Gasteiger partial charge in [-0.25, -0.2) is 9.78 Å². The van der Waals surface area contributed by atoms with Crippen LogP contribution in [-0.2, 0) is 29.0 Å². The van der Waals surface area contributed by atoms with Gasteiger partial charge in [0.25, 0.3) is 0 Å². The molecule has 3 rings (SSSR count). The second kappa shape index (κ2) is 11.7. The lowest BCUT2D eigenvalue weighted by atomic mass is 9.99. The molecule has 0 aliphatic rings. The van der Waals surface area contributed by atoms with Gasteiger partial charge >= 0.3 is 5.97 Å². The first kappa shape index (κ1) is 25.3. The molecule has 0 radical (unpaired) electrons. The fourth-order valence-electron chi connectivity index (χ4n) is 3.62. The number of aromatic nitrogens is 1. The quantitative estimate of drug-likeness (QED) is 0.370. The maximum absolute atomic E-state index is 11.4. The Hall–Kier alpha value is -3.32. The highest BCUT2D eigenvalue weighted by Crippen LogP contribution is 2.26. The number of hydrogen-bond donors (Lipinski definition) is 1. The first-order valence-corrected chi connectivity index (χ1v) is 11.6. The van der Waals surface area contributed by atoms with Crippen molar-refractivity contribution in [1.82, 2.24) is 4.98 Å². The summed E-state index contributed by atoms with van der Waals surface area (Å²) in [5, 5.41) is 9.38. The van der Waals surface area contributed by atoms with Crippen LogP contribution in [0.3, 0.4) is 0 Å². The number of oxazole rings is 1. The van der Waals surface area contributed by atoms with Crippen molar-refractivity contribution in [3.8, 4) is 23.0 Å². The van der Waals surface area contributed by atoms with E-state index in [9.17, 15) is 9.90 Å². The largest absolute Gasteiger partial charge is 0.491 e. The number of ether oxygens (including phenoxy) is 3. The number of aryl methyl sites for hydroxylation is 2. The minimum absolute atomic E-state index is 0.115. The number of carbonyl (C=O) groups is 1. The van der Waals surface area contributed by atoms with Crippen LogP contribution in [-0.4, -0.2) is 34.9 Å². The van der Waals surface area contributed by atoms with Crippen molar-refractivity contribution >= 4 is 5.97 Å². The Labute approximate surface area is 200 Å². The van der Waals surface area contributed by atoms with Crippen LogP contribution in [0.5, 0.6) is 11.5 Å². The molecule has 0 aliphatic carbocycles. The summed E-state index contributed by atoms with van der Waals surface area (Å²) in [6, 6.07) is 13.4. The fraction of sp³-hybridized carbons (Fsp3) is 0.407. The molecule has 1 aromatic heterocycles. The summed E-state index contributed by atoms with van der Waals surface area (Å²) in [4.78, 5) is 16.1. The minimum Gasteiger partial charge on any atom is -0.491 e. The third-order valence-electron chi connectivity index (χ3n) is 5.35. The fourth-order valence-corrected chi connectivity index (χ4v) is 3.62. The predicted octanol–water partition coefficient (Wildman–Crippen LogP) is 5.61. The number of carboxylic acid groups (broad SMARTS) is 1. The van der Waals surface area contributed by atoms with Gasteiger partial charge in [0, 0.05) is 18.6 Å². The number of carboxylic acids is 1. The van der Waals surface area contributed by atoms with E-state index in [0.29, 0.717) is 30.4 Å². The summed E-state index contributed by atoms with van der Waals surface area (Å²) < 4.78 is 22.9.